The van der Waals surface area contributed by atoms with Gasteiger partial charge in [-0.3, -0.25) is 14.5 Å². The van der Waals surface area contributed by atoms with Crippen molar-refractivity contribution in [3.63, 3.8) is 0 Å². The highest BCUT2D eigenvalue weighted by Gasteiger charge is 2.33. The third-order valence-corrected chi connectivity index (χ3v) is 6.54. The monoisotopic (exact) mass is 417 g/mol. The van der Waals surface area contributed by atoms with Crippen LogP contribution in [-0.4, -0.2) is 42.4 Å². The van der Waals surface area contributed by atoms with E-state index in [9.17, 15) is 9.59 Å². The molecule has 160 valence electrons. The van der Waals surface area contributed by atoms with Crippen molar-refractivity contribution < 1.29 is 19.1 Å². The van der Waals surface area contributed by atoms with Crippen LogP contribution in [-0.2, 0) is 38.5 Å². The maximum Gasteiger partial charge on any atom is 0.323 e. The predicted octanol–water partition coefficient (Wildman–Crippen LogP) is 3.78. The molecule has 5 rings (SSSR count). The third-order valence-electron chi connectivity index (χ3n) is 6.54. The Balaban J connectivity index is 1.34. The number of nitrogens with zero attached hydrogens (tertiary/aromatic N) is 1. The molecule has 2 aromatic carbocycles. The fourth-order valence-electron chi connectivity index (χ4n) is 5.03. The minimum absolute atomic E-state index is 0.0971. The van der Waals surface area contributed by atoms with Crippen LogP contribution in [0.4, 0.5) is 0 Å². The lowest BCUT2D eigenvalue weighted by Gasteiger charge is -2.22. The Morgan fingerprint density at radius 2 is 2.03 bits per heavy atom. The molecule has 1 aliphatic carbocycles. The second-order valence-corrected chi connectivity index (χ2v) is 8.44. The Bertz CT molecular complexity index is 1070. The molecule has 2 heterocycles. The van der Waals surface area contributed by atoms with Crippen molar-refractivity contribution >= 4 is 23.1 Å². The normalized spacial score (nSPS) is 22.4. The molecule has 3 aliphatic rings. The molecule has 0 spiro atoms. The van der Waals surface area contributed by atoms with E-state index in [-0.39, 0.29) is 17.8 Å². The summed E-state index contributed by atoms with van der Waals surface area (Å²) < 4.78 is 11.3. The Kier molecular flexibility index (Phi) is 5.36. The van der Waals surface area contributed by atoms with E-state index < -0.39 is 0 Å². The first kappa shape index (κ1) is 20.0. The van der Waals surface area contributed by atoms with Crippen molar-refractivity contribution in [3.05, 3.63) is 70.3 Å². The molecule has 2 aromatic rings. The lowest BCUT2D eigenvalue weighted by Crippen LogP contribution is -2.38. The van der Waals surface area contributed by atoms with Crippen molar-refractivity contribution in [3.8, 4) is 0 Å². The van der Waals surface area contributed by atoms with Crippen molar-refractivity contribution in [2.45, 2.75) is 45.3 Å². The van der Waals surface area contributed by atoms with Crippen molar-refractivity contribution in [2.75, 3.05) is 19.7 Å². The van der Waals surface area contributed by atoms with Crippen LogP contribution in [0.25, 0.3) is 11.3 Å². The molecular formula is C26H27NO4. The highest BCUT2D eigenvalue weighted by Crippen LogP contribution is 2.40. The number of carbonyl (C=O) groups excluding carboxylic acids is 2. The zero-order valence-electron chi connectivity index (χ0n) is 17.9. The molecule has 0 amide bonds. The largest absolute Gasteiger partial charge is 0.487 e. The second-order valence-electron chi connectivity index (χ2n) is 8.44. The topological polar surface area (TPSA) is 55.8 Å². The van der Waals surface area contributed by atoms with Gasteiger partial charge in [-0.2, -0.15) is 0 Å². The third kappa shape index (κ3) is 3.68. The van der Waals surface area contributed by atoms with Gasteiger partial charge in [-0.25, -0.2) is 0 Å². The predicted molar refractivity (Wildman–Crippen MR) is 118 cm³/mol. The number of ether oxygens (including phenoxy) is 2. The molecule has 0 bridgehead atoms. The summed E-state index contributed by atoms with van der Waals surface area (Å²) in [5.74, 6) is 0.755. The Morgan fingerprint density at radius 3 is 2.90 bits per heavy atom. The van der Waals surface area contributed by atoms with E-state index in [1.165, 1.54) is 5.56 Å². The van der Waals surface area contributed by atoms with Crippen LogP contribution in [0.5, 0.6) is 0 Å². The quantitative estimate of drug-likeness (QED) is 0.547. The number of Topliss-reactive ketones (excluding diaryl/α,β-unsaturated/α-hetero) is 1. The van der Waals surface area contributed by atoms with Crippen LogP contribution >= 0.6 is 0 Å². The molecular weight excluding hydrogens is 390 g/mol. The number of carbonyl (C=O) groups is 2. The lowest BCUT2D eigenvalue weighted by molar-refractivity contribution is -0.148. The van der Waals surface area contributed by atoms with Crippen LogP contribution in [0.15, 0.2) is 42.5 Å². The first-order valence-corrected chi connectivity index (χ1v) is 11.2. The van der Waals surface area contributed by atoms with Gasteiger partial charge < -0.3 is 9.47 Å². The van der Waals surface area contributed by atoms with Gasteiger partial charge in [0.15, 0.2) is 5.78 Å². The van der Waals surface area contributed by atoms with Gasteiger partial charge in [0.25, 0.3) is 0 Å². The molecule has 0 aromatic heterocycles. The van der Waals surface area contributed by atoms with E-state index in [4.69, 9.17) is 9.47 Å². The highest BCUT2D eigenvalue weighted by atomic mass is 16.5. The van der Waals surface area contributed by atoms with E-state index in [0.29, 0.717) is 19.6 Å². The number of hydrogen-bond donors (Lipinski definition) is 0. The number of allylic oxidation sites excluding steroid dienone is 1. The van der Waals surface area contributed by atoms with Crippen molar-refractivity contribution in [2.24, 2.45) is 0 Å². The summed E-state index contributed by atoms with van der Waals surface area (Å²) in [6.45, 7) is 4.55. The van der Waals surface area contributed by atoms with E-state index >= 15 is 0 Å². The number of hydrogen-bond acceptors (Lipinski definition) is 5. The fourth-order valence-corrected chi connectivity index (χ4v) is 5.03. The Hall–Kier alpha value is -2.92. The molecule has 0 radical (unpaired) electrons. The van der Waals surface area contributed by atoms with Gasteiger partial charge in [-0.15, -0.1) is 0 Å². The average molecular weight is 418 g/mol. The second kappa shape index (κ2) is 8.31. The summed E-state index contributed by atoms with van der Waals surface area (Å²) in [5.41, 5.74) is 6.16. The zero-order valence-corrected chi connectivity index (χ0v) is 17.9. The van der Waals surface area contributed by atoms with E-state index in [0.717, 1.165) is 65.9 Å². The van der Waals surface area contributed by atoms with Crippen LogP contribution in [0, 0.1) is 0 Å². The summed E-state index contributed by atoms with van der Waals surface area (Å²) in [5, 5.41) is 0. The first-order chi connectivity index (χ1) is 15.2. The van der Waals surface area contributed by atoms with E-state index in [1.807, 2.05) is 31.2 Å². The standard InChI is InChI=1S/C26H27NO4/c1-2-30-26(29)22-8-5-12-27(22)13-11-17-9-10-21-19(14-17)16-31-25(21)24-20-7-4-3-6-18(20)15-23(24)28/h3-4,6-7,9-10,14,22H,2,5,8,11-13,15-16H2,1H3/b25-24+/t22-/m0/s1. The molecule has 1 saturated heterocycles. The molecule has 1 fully saturated rings. The number of fused-ring (bicyclic) bond motifs is 2. The Labute approximate surface area is 182 Å². The van der Waals surface area contributed by atoms with Gasteiger partial charge >= 0.3 is 5.97 Å². The molecule has 2 aliphatic heterocycles. The van der Waals surface area contributed by atoms with Crippen LogP contribution in [0.3, 0.4) is 0 Å². The molecule has 1 atom stereocenters. The maximum absolute atomic E-state index is 12.7. The van der Waals surface area contributed by atoms with Crippen LogP contribution in [0.2, 0.25) is 0 Å². The smallest absolute Gasteiger partial charge is 0.323 e. The van der Waals surface area contributed by atoms with Crippen molar-refractivity contribution in [1.29, 1.82) is 0 Å². The van der Waals surface area contributed by atoms with Crippen molar-refractivity contribution in [1.82, 2.24) is 4.90 Å². The van der Waals surface area contributed by atoms with Gasteiger partial charge in [0, 0.05) is 24.1 Å². The molecule has 0 saturated carbocycles. The Morgan fingerprint density at radius 1 is 1.16 bits per heavy atom. The van der Waals surface area contributed by atoms with Gasteiger partial charge in [0.05, 0.1) is 12.2 Å². The van der Waals surface area contributed by atoms with Gasteiger partial charge in [0.2, 0.25) is 0 Å². The minimum atomic E-state index is -0.109. The molecule has 5 heteroatoms. The number of benzene rings is 2. The first-order valence-electron chi connectivity index (χ1n) is 11.2. The summed E-state index contributed by atoms with van der Waals surface area (Å²) >= 11 is 0. The minimum Gasteiger partial charge on any atom is -0.487 e. The number of esters is 1. The number of ketones is 1. The maximum atomic E-state index is 12.7. The SMILES string of the molecule is CCOC(=O)[C@@H]1CCCN1CCc1ccc2c(c1)CO/C2=C1/C(=O)Cc2ccccc21. The summed E-state index contributed by atoms with van der Waals surface area (Å²) in [6, 6.07) is 14.2. The molecule has 31 heavy (non-hydrogen) atoms. The van der Waals surface area contributed by atoms with Gasteiger partial charge in [0.1, 0.15) is 18.4 Å². The van der Waals surface area contributed by atoms with E-state index in [1.54, 1.807) is 0 Å². The van der Waals surface area contributed by atoms with E-state index in [2.05, 4.69) is 23.1 Å². The summed E-state index contributed by atoms with van der Waals surface area (Å²) in [6.07, 6.45) is 3.23. The summed E-state index contributed by atoms with van der Waals surface area (Å²) in [7, 11) is 0. The lowest BCUT2D eigenvalue weighted by atomic mass is 9.98. The zero-order chi connectivity index (χ0) is 21.4. The number of likely N-dealkylation sites (tertiary alicyclic amines) is 1. The fraction of sp³-hybridized carbons (Fsp3) is 0.385. The summed E-state index contributed by atoms with van der Waals surface area (Å²) in [4.78, 5) is 27.1. The van der Waals surface area contributed by atoms with Crippen LogP contribution < -0.4 is 0 Å². The van der Waals surface area contributed by atoms with Gasteiger partial charge in [-0.1, -0.05) is 42.5 Å². The average Bonchev–Trinajstić information content (AvgIpc) is 3.48. The van der Waals surface area contributed by atoms with Gasteiger partial charge in [-0.05, 0) is 49.4 Å². The molecule has 0 unspecified atom stereocenters. The molecule has 5 nitrogen and oxygen atoms in total. The van der Waals surface area contributed by atoms with Crippen LogP contribution in [0.1, 0.15) is 47.6 Å². The molecule has 0 N–H and O–H groups in total. The number of rotatable bonds is 5. The highest BCUT2D eigenvalue weighted by molar-refractivity contribution is 6.31.